The number of nitrogens with zero attached hydrogens (tertiary/aromatic N) is 4. The molecule has 4 aromatic rings. The summed E-state index contributed by atoms with van der Waals surface area (Å²) in [5.74, 6) is 0.329. The van der Waals surface area contributed by atoms with E-state index in [0.29, 0.717) is 49.1 Å². The number of hydrogen-bond donors (Lipinski definition) is 1. The van der Waals surface area contributed by atoms with Gasteiger partial charge in [-0.25, -0.2) is 9.97 Å². The van der Waals surface area contributed by atoms with Crippen LogP contribution in [0.15, 0.2) is 54.9 Å². The molecule has 0 saturated carbocycles. The van der Waals surface area contributed by atoms with Crippen molar-refractivity contribution >= 4 is 33.7 Å². The third kappa shape index (κ3) is 6.14. The van der Waals surface area contributed by atoms with Crippen LogP contribution in [0.4, 0.5) is 19.0 Å². The SMILES string of the molecule is CCC(COCCC1CCN(C(=O)c2ccc(OC(F)(F)F)cc2)CC1)n1cnc2c(N)nc3ccccc3c21. The van der Waals surface area contributed by atoms with Crippen LogP contribution in [0.2, 0.25) is 0 Å². The second-order valence-electron chi connectivity index (χ2n) is 10.1. The van der Waals surface area contributed by atoms with E-state index >= 15 is 0 Å². The number of carbonyl (C=O) groups excluding carboxylic acids is 1. The Bertz CT molecular complexity index is 1460. The lowest BCUT2D eigenvalue weighted by atomic mass is 9.93. The van der Waals surface area contributed by atoms with E-state index in [2.05, 4.69) is 26.2 Å². The molecule has 0 spiro atoms. The fraction of sp³-hybridized carbons (Fsp3) is 0.414. The number of imidazole rings is 1. The van der Waals surface area contributed by atoms with Crippen LogP contribution in [-0.4, -0.2) is 58.0 Å². The van der Waals surface area contributed by atoms with Crippen molar-refractivity contribution in [2.45, 2.75) is 45.0 Å². The maximum Gasteiger partial charge on any atom is 0.573 e. The second-order valence-corrected chi connectivity index (χ2v) is 10.1. The molecule has 2 N–H and O–H groups in total. The zero-order chi connectivity index (χ0) is 28.3. The van der Waals surface area contributed by atoms with E-state index in [9.17, 15) is 18.0 Å². The third-order valence-corrected chi connectivity index (χ3v) is 7.52. The zero-order valence-electron chi connectivity index (χ0n) is 22.2. The van der Waals surface area contributed by atoms with Gasteiger partial charge >= 0.3 is 6.36 Å². The zero-order valence-corrected chi connectivity index (χ0v) is 22.2. The quantitative estimate of drug-likeness (QED) is 0.256. The van der Waals surface area contributed by atoms with Gasteiger partial charge < -0.3 is 24.7 Å². The van der Waals surface area contributed by atoms with E-state index in [1.807, 2.05) is 30.6 Å². The molecule has 2 aromatic heterocycles. The first-order valence-electron chi connectivity index (χ1n) is 13.5. The van der Waals surface area contributed by atoms with Crippen molar-refractivity contribution in [1.82, 2.24) is 19.4 Å². The minimum atomic E-state index is -4.76. The Hall–Kier alpha value is -3.86. The van der Waals surface area contributed by atoms with Gasteiger partial charge in [0.2, 0.25) is 0 Å². The Morgan fingerprint density at radius 3 is 2.55 bits per heavy atom. The first-order chi connectivity index (χ1) is 19.2. The summed E-state index contributed by atoms with van der Waals surface area (Å²) in [5.41, 5.74) is 9.03. The average Bonchev–Trinajstić information content (AvgIpc) is 3.39. The lowest BCUT2D eigenvalue weighted by Gasteiger charge is -2.32. The number of rotatable bonds is 9. The molecular weight excluding hydrogens is 523 g/mol. The Kier molecular flexibility index (Phi) is 8.11. The molecule has 1 atom stereocenters. The molecule has 2 aromatic carbocycles. The highest BCUT2D eigenvalue weighted by Gasteiger charge is 2.31. The smallest absolute Gasteiger partial charge is 0.406 e. The molecule has 212 valence electrons. The standard InChI is InChI=1S/C29H32F3N5O3/c1-2-21(37-18-34-25-26(37)23-5-3-4-6-24(23)35-27(25)33)17-39-16-13-19-11-14-36(15-12-19)28(38)20-7-9-22(10-8-20)40-29(30,31)32/h3-10,18-19,21H,2,11-17H2,1H3,(H2,33,35). The lowest BCUT2D eigenvalue weighted by Crippen LogP contribution is -2.38. The fourth-order valence-corrected chi connectivity index (χ4v) is 5.32. The summed E-state index contributed by atoms with van der Waals surface area (Å²) >= 11 is 0. The first-order valence-corrected chi connectivity index (χ1v) is 13.5. The molecule has 1 fully saturated rings. The van der Waals surface area contributed by atoms with Crippen molar-refractivity contribution in [1.29, 1.82) is 0 Å². The van der Waals surface area contributed by atoms with Gasteiger partial charge in [-0.2, -0.15) is 0 Å². The van der Waals surface area contributed by atoms with Crippen LogP contribution in [0.25, 0.3) is 21.9 Å². The van der Waals surface area contributed by atoms with Gasteiger partial charge in [0.1, 0.15) is 11.3 Å². The van der Waals surface area contributed by atoms with E-state index in [1.54, 1.807) is 4.90 Å². The number of benzene rings is 2. The monoisotopic (exact) mass is 555 g/mol. The number of nitrogens with two attached hydrogens (primary N) is 1. The second kappa shape index (κ2) is 11.7. The fourth-order valence-electron chi connectivity index (χ4n) is 5.32. The maximum atomic E-state index is 12.8. The molecule has 1 aliphatic heterocycles. The predicted octanol–water partition coefficient (Wildman–Crippen LogP) is 5.98. The third-order valence-electron chi connectivity index (χ3n) is 7.52. The average molecular weight is 556 g/mol. The topological polar surface area (TPSA) is 95.5 Å². The number of pyridine rings is 1. The Morgan fingerprint density at radius 2 is 1.85 bits per heavy atom. The lowest BCUT2D eigenvalue weighted by molar-refractivity contribution is -0.274. The molecule has 0 bridgehead atoms. The van der Waals surface area contributed by atoms with Crippen LogP contribution in [0, 0.1) is 5.92 Å². The van der Waals surface area contributed by atoms with Gasteiger partial charge in [-0.3, -0.25) is 4.79 Å². The molecule has 40 heavy (non-hydrogen) atoms. The largest absolute Gasteiger partial charge is 0.573 e. The Labute approximate surface area is 229 Å². The van der Waals surface area contributed by atoms with Crippen molar-refractivity contribution in [3.8, 4) is 5.75 Å². The minimum absolute atomic E-state index is 0.0996. The van der Waals surface area contributed by atoms with Gasteiger partial charge in [-0.1, -0.05) is 25.1 Å². The maximum absolute atomic E-state index is 12.8. The van der Waals surface area contributed by atoms with Gasteiger partial charge in [0.05, 0.1) is 30.0 Å². The molecular formula is C29H32F3N5O3. The van der Waals surface area contributed by atoms with Crippen LogP contribution in [-0.2, 0) is 4.74 Å². The summed E-state index contributed by atoms with van der Waals surface area (Å²) in [6.45, 7) is 4.49. The van der Waals surface area contributed by atoms with Crippen LogP contribution >= 0.6 is 0 Å². The highest BCUT2D eigenvalue weighted by Crippen LogP contribution is 2.30. The van der Waals surface area contributed by atoms with Crippen LogP contribution in [0.5, 0.6) is 5.75 Å². The minimum Gasteiger partial charge on any atom is -0.406 e. The van der Waals surface area contributed by atoms with Gasteiger partial charge in [0.15, 0.2) is 5.82 Å². The number of fused-ring (bicyclic) bond motifs is 3. The number of likely N-dealkylation sites (tertiary alicyclic amines) is 1. The number of amides is 1. The Balaban J connectivity index is 1.11. The summed E-state index contributed by atoms with van der Waals surface area (Å²) in [6.07, 6.45) is 0.524. The molecule has 1 unspecified atom stereocenters. The van der Waals surface area contributed by atoms with Crippen LogP contribution < -0.4 is 10.5 Å². The van der Waals surface area contributed by atoms with E-state index < -0.39 is 6.36 Å². The molecule has 5 rings (SSSR count). The van der Waals surface area contributed by atoms with E-state index in [1.165, 1.54) is 12.1 Å². The predicted molar refractivity (Wildman–Crippen MR) is 146 cm³/mol. The molecule has 0 aliphatic carbocycles. The van der Waals surface area contributed by atoms with Gasteiger partial charge in [-0.05, 0) is 61.9 Å². The van der Waals surface area contributed by atoms with Crippen molar-refractivity contribution in [2.24, 2.45) is 5.92 Å². The number of alkyl halides is 3. The van der Waals surface area contributed by atoms with Gasteiger partial charge in [0.25, 0.3) is 5.91 Å². The summed E-state index contributed by atoms with van der Waals surface area (Å²) in [4.78, 5) is 23.6. The normalized spacial score (nSPS) is 15.6. The molecule has 1 aliphatic rings. The number of aromatic nitrogens is 3. The van der Waals surface area contributed by atoms with Crippen LogP contribution in [0.3, 0.4) is 0 Å². The van der Waals surface area contributed by atoms with E-state index in [-0.39, 0.29) is 17.7 Å². The van der Waals surface area contributed by atoms with Crippen molar-refractivity contribution in [3.63, 3.8) is 0 Å². The molecule has 1 amide bonds. The summed E-state index contributed by atoms with van der Waals surface area (Å²) in [7, 11) is 0. The van der Waals surface area contributed by atoms with E-state index in [4.69, 9.17) is 10.5 Å². The highest BCUT2D eigenvalue weighted by molar-refractivity contribution is 6.06. The summed E-state index contributed by atoms with van der Waals surface area (Å²) < 4.78 is 49.2. The van der Waals surface area contributed by atoms with E-state index in [0.717, 1.165) is 54.2 Å². The number of halogens is 3. The van der Waals surface area contributed by atoms with Crippen LogP contribution in [0.1, 0.15) is 49.0 Å². The summed E-state index contributed by atoms with van der Waals surface area (Å²) in [5, 5.41) is 1.01. The number of piperidine rings is 1. The highest BCUT2D eigenvalue weighted by atomic mass is 19.4. The number of para-hydroxylation sites is 1. The molecule has 0 radical (unpaired) electrons. The molecule has 11 heteroatoms. The number of hydrogen-bond acceptors (Lipinski definition) is 6. The first kappa shape index (κ1) is 27.7. The van der Waals surface area contributed by atoms with Gasteiger partial charge in [-0.15, -0.1) is 13.2 Å². The number of anilines is 1. The van der Waals surface area contributed by atoms with Crippen molar-refractivity contribution in [3.05, 3.63) is 60.4 Å². The van der Waals surface area contributed by atoms with Gasteiger partial charge in [0, 0.05) is 30.6 Å². The number of nitrogen functional groups attached to an aromatic ring is 1. The van der Waals surface area contributed by atoms with Crippen molar-refractivity contribution in [2.75, 3.05) is 32.0 Å². The number of carbonyl (C=O) groups is 1. The Morgan fingerprint density at radius 1 is 1.12 bits per heavy atom. The summed E-state index contributed by atoms with van der Waals surface area (Å²) in [6, 6.07) is 13.1. The number of ether oxygens (including phenoxy) is 2. The van der Waals surface area contributed by atoms with Crippen molar-refractivity contribution < 1.29 is 27.4 Å². The molecule has 1 saturated heterocycles. The molecule has 8 nitrogen and oxygen atoms in total. The molecule has 3 heterocycles.